The van der Waals surface area contributed by atoms with Crippen molar-refractivity contribution < 1.29 is 27.8 Å². The van der Waals surface area contributed by atoms with Gasteiger partial charge in [-0.05, 0) is 6.92 Å². The van der Waals surface area contributed by atoms with E-state index in [1.54, 1.807) is 0 Å². The predicted molar refractivity (Wildman–Crippen MR) is 46.6 cm³/mol. The second-order valence-corrected chi connectivity index (χ2v) is 3.23. The van der Waals surface area contributed by atoms with Crippen LogP contribution in [0.3, 0.4) is 0 Å². The molecule has 15 heavy (non-hydrogen) atoms. The lowest BCUT2D eigenvalue weighted by Crippen LogP contribution is -2.46. The van der Waals surface area contributed by atoms with Crippen LogP contribution in [0.1, 0.15) is 13.3 Å². The molecule has 0 aliphatic carbocycles. The van der Waals surface area contributed by atoms with Crippen molar-refractivity contribution >= 4 is 5.97 Å². The maximum atomic E-state index is 11.9. The third-order valence-electron chi connectivity index (χ3n) is 1.65. The van der Waals surface area contributed by atoms with Gasteiger partial charge >= 0.3 is 12.1 Å². The van der Waals surface area contributed by atoms with E-state index in [0.29, 0.717) is 0 Å². The van der Waals surface area contributed by atoms with Gasteiger partial charge in [-0.3, -0.25) is 10.1 Å². The van der Waals surface area contributed by atoms with Gasteiger partial charge in [-0.15, -0.1) is 0 Å². The summed E-state index contributed by atoms with van der Waals surface area (Å²) in [5.41, 5.74) is 0. The Kier molecular flexibility index (Phi) is 5.59. The van der Waals surface area contributed by atoms with Gasteiger partial charge in [0, 0.05) is 13.2 Å². The molecule has 2 N–H and O–H groups in total. The number of methoxy groups -OCH3 is 1. The Labute approximate surface area is 85.4 Å². The van der Waals surface area contributed by atoms with E-state index in [9.17, 15) is 18.0 Å². The van der Waals surface area contributed by atoms with Gasteiger partial charge in [-0.25, -0.2) is 0 Å². The number of carboxylic acid groups (broad SMARTS) is 1. The normalized spacial score (nSPS) is 16.1. The van der Waals surface area contributed by atoms with Crippen LogP contribution in [-0.4, -0.2) is 43.1 Å². The monoisotopic (exact) mass is 229 g/mol. The van der Waals surface area contributed by atoms with Crippen LogP contribution < -0.4 is 5.32 Å². The molecule has 0 aromatic heterocycles. The van der Waals surface area contributed by atoms with Crippen LogP contribution in [0.5, 0.6) is 0 Å². The van der Waals surface area contributed by atoms with Gasteiger partial charge in [0.15, 0.2) is 0 Å². The number of hydrogen-bond acceptors (Lipinski definition) is 3. The zero-order valence-corrected chi connectivity index (χ0v) is 8.47. The van der Waals surface area contributed by atoms with Gasteiger partial charge in [0.05, 0.1) is 13.0 Å². The number of halogens is 3. The Balaban J connectivity index is 4.11. The Bertz CT molecular complexity index is 208. The first-order valence-corrected chi connectivity index (χ1v) is 4.31. The standard InChI is InChI=1S/C8H14F3NO3/c1-5(3-8(9,10)11)12-6(4-15-2)7(13)14/h5-6,12H,3-4H2,1-2H3,(H,13,14). The second-order valence-electron chi connectivity index (χ2n) is 3.23. The lowest BCUT2D eigenvalue weighted by atomic mass is 10.2. The molecule has 0 radical (unpaired) electrons. The van der Waals surface area contributed by atoms with E-state index >= 15 is 0 Å². The van der Waals surface area contributed by atoms with E-state index in [1.165, 1.54) is 14.0 Å². The summed E-state index contributed by atoms with van der Waals surface area (Å²) in [4.78, 5) is 10.6. The first kappa shape index (κ1) is 14.2. The molecule has 0 amide bonds. The number of carboxylic acids is 1. The molecular formula is C8H14F3NO3. The van der Waals surface area contributed by atoms with Crippen molar-refractivity contribution in [3.8, 4) is 0 Å². The minimum atomic E-state index is -4.30. The summed E-state index contributed by atoms with van der Waals surface area (Å²) in [5.74, 6) is -1.23. The number of ether oxygens (including phenoxy) is 1. The lowest BCUT2D eigenvalue weighted by molar-refractivity contribution is -0.146. The molecule has 4 nitrogen and oxygen atoms in total. The molecule has 7 heteroatoms. The third kappa shape index (κ3) is 7.15. The molecule has 0 saturated heterocycles. The third-order valence-corrected chi connectivity index (χ3v) is 1.65. The molecule has 2 unspecified atom stereocenters. The Morgan fingerprint density at radius 3 is 2.40 bits per heavy atom. The fourth-order valence-electron chi connectivity index (χ4n) is 1.11. The zero-order valence-electron chi connectivity index (χ0n) is 8.47. The predicted octanol–water partition coefficient (Wildman–Crippen LogP) is 1.02. The summed E-state index contributed by atoms with van der Waals surface area (Å²) < 4.78 is 40.3. The number of hydrogen-bond donors (Lipinski definition) is 2. The summed E-state index contributed by atoms with van der Waals surface area (Å²) in [6.45, 7) is 1.11. The van der Waals surface area contributed by atoms with Crippen LogP contribution >= 0.6 is 0 Å². The summed E-state index contributed by atoms with van der Waals surface area (Å²) in [5, 5.41) is 11.0. The highest BCUT2D eigenvalue weighted by Crippen LogP contribution is 2.21. The van der Waals surface area contributed by atoms with Gasteiger partial charge in [0.25, 0.3) is 0 Å². The van der Waals surface area contributed by atoms with Crippen molar-refractivity contribution in [2.45, 2.75) is 31.6 Å². The van der Waals surface area contributed by atoms with Crippen molar-refractivity contribution in [2.75, 3.05) is 13.7 Å². The summed E-state index contributed by atoms with van der Waals surface area (Å²) in [7, 11) is 1.28. The van der Waals surface area contributed by atoms with Crippen LogP contribution in [0.4, 0.5) is 13.2 Å². The largest absolute Gasteiger partial charge is 0.480 e. The fraction of sp³-hybridized carbons (Fsp3) is 0.875. The van der Waals surface area contributed by atoms with Gasteiger partial charge in [0.2, 0.25) is 0 Å². The summed E-state index contributed by atoms with van der Waals surface area (Å²) >= 11 is 0. The van der Waals surface area contributed by atoms with Crippen LogP contribution in [0, 0.1) is 0 Å². The average molecular weight is 229 g/mol. The van der Waals surface area contributed by atoms with E-state index in [4.69, 9.17) is 5.11 Å². The van der Waals surface area contributed by atoms with Gasteiger partial charge < -0.3 is 9.84 Å². The first-order valence-electron chi connectivity index (χ1n) is 4.31. The SMILES string of the molecule is COCC(NC(C)CC(F)(F)F)C(=O)O. The molecule has 0 spiro atoms. The van der Waals surface area contributed by atoms with Crippen molar-refractivity contribution in [1.29, 1.82) is 0 Å². The van der Waals surface area contributed by atoms with E-state index in [1.807, 2.05) is 0 Å². The average Bonchev–Trinajstić information content (AvgIpc) is 1.99. The molecule has 0 fully saturated rings. The molecular weight excluding hydrogens is 215 g/mol. The van der Waals surface area contributed by atoms with E-state index < -0.39 is 30.7 Å². The van der Waals surface area contributed by atoms with Gasteiger partial charge in [-0.1, -0.05) is 0 Å². The Hall–Kier alpha value is -0.820. The Morgan fingerprint density at radius 2 is 2.07 bits per heavy atom. The molecule has 0 heterocycles. The van der Waals surface area contributed by atoms with Crippen molar-refractivity contribution in [2.24, 2.45) is 0 Å². The topological polar surface area (TPSA) is 58.6 Å². The number of alkyl halides is 3. The number of carbonyl (C=O) groups is 1. The number of nitrogens with one attached hydrogen (secondary N) is 1. The van der Waals surface area contributed by atoms with Gasteiger partial charge in [-0.2, -0.15) is 13.2 Å². The molecule has 0 aromatic rings. The highest BCUT2D eigenvalue weighted by Gasteiger charge is 2.31. The van der Waals surface area contributed by atoms with Crippen molar-refractivity contribution in [1.82, 2.24) is 5.32 Å². The first-order chi connectivity index (χ1) is 6.76. The zero-order chi connectivity index (χ0) is 12.1. The summed E-state index contributed by atoms with van der Waals surface area (Å²) in [6, 6.07) is -2.08. The maximum absolute atomic E-state index is 11.9. The molecule has 90 valence electrons. The lowest BCUT2D eigenvalue weighted by Gasteiger charge is -2.20. The summed E-state index contributed by atoms with van der Waals surface area (Å²) in [6.07, 6.45) is -5.37. The quantitative estimate of drug-likeness (QED) is 0.713. The van der Waals surface area contributed by atoms with E-state index in [2.05, 4.69) is 10.1 Å². The van der Waals surface area contributed by atoms with Crippen LogP contribution in [0.15, 0.2) is 0 Å². The number of aliphatic carboxylic acids is 1. The molecule has 0 aromatic carbocycles. The highest BCUT2D eigenvalue weighted by atomic mass is 19.4. The molecule has 0 saturated carbocycles. The van der Waals surface area contributed by atoms with E-state index in [-0.39, 0.29) is 6.61 Å². The van der Waals surface area contributed by atoms with Gasteiger partial charge in [0.1, 0.15) is 6.04 Å². The fourth-order valence-corrected chi connectivity index (χ4v) is 1.11. The minimum absolute atomic E-state index is 0.169. The Morgan fingerprint density at radius 1 is 1.53 bits per heavy atom. The molecule has 0 rings (SSSR count). The number of rotatable bonds is 6. The maximum Gasteiger partial charge on any atom is 0.390 e. The van der Waals surface area contributed by atoms with Crippen LogP contribution in [0.2, 0.25) is 0 Å². The minimum Gasteiger partial charge on any atom is -0.480 e. The van der Waals surface area contributed by atoms with Crippen LogP contribution in [-0.2, 0) is 9.53 Å². The second kappa shape index (κ2) is 5.92. The molecule has 0 aliphatic rings. The molecule has 0 aliphatic heterocycles. The smallest absolute Gasteiger partial charge is 0.390 e. The van der Waals surface area contributed by atoms with Crippen molar-refractivity contribution in [3.05, 3.63) is 0 Å². The highest BCUT2D eigenvalue weighted by molar-refractivity contribution is 5.73. The molecule has 2 atom stereocenters. The van der Waals surface area contributed by atoms with Crippen LogP contribution in [0.25, 0.3) is 0 Å². The van der Waals surface area contributed by atoms with E-state index in [0.717, 1.165) is 0 Å². The molecule has 0 bridgehead atoms. The van der Waals surface area contributed by atoms with Crippen molar-refractivity contribution in [3.63, 3.8) is 0 Å².